The van der Waals surface area contributed by atoms with Crippen LogP contribution in [0.5, 0.6) is 0 Å². The van der Waals surface area contributed by atoms with Gasteiger partial charge >= 0.3 is 0 Å². The number of hydrogen-bond donors (Lipinski definition) is 2. The van der Waals surface area contributed by atoms with Crippen LogP contribution in [0.15, 0.2) is 24.3 Å². The Balaban J connectivity index is 2.37. The van der Waals surface area contributed by atoms with Gasteiger partial charge in [-0.3, -0.25) is 0 Å². The van der Waals surface area contributed by atoms with Crippen molar-refractivity contribution in [3.63, 3.8) is 0 Å². The second kappa shape index (κ2) is 4.67. The molecule has 1 saturated heterocycles. The first kappa shape index (κ1) is 12.4. The maximum absolute atomic E-state index is 9.54. The molecular weight excluding hydrogens is 212 g/mol. The third kappa shape index (κ3) is 2.45. The molecule has 17 heavy (non-hydrogen) atoms. The average Bonchev–Trinajstić information content (AvgIpc) is 2.27. The van der Waals surface area contributed by atoms with Gasteiger partial charge < -0.3 is 15.3 Å². The fraction of sp³-hybridized carbons (Fsp3) is 0.571. The van der Waals surface area contributed by atoms with Crippen molar-refractivity contribution in [2.24, 2.45) is 0 Å². The molecule has 0 aromatic heterocycles. The highest BCUT2D eigenvalue weighted by atomic mass is 16.3. The summed E-state index contributed by atoms with van der Waals surface area (Å²) in [5, 5.41) is 12.9. The van der Waals surface area contributed by atoms with Crippen molar-refractivity contribution in [2.75, 3.05) is 24.6 Å². The van der Waals surface area contributed by atoms with Gasteiger partial charge in [0.2, 0.25) is 0 Å². The summed E-state index contributed by atoms with van der Waals surface area (Å²) in [4.78, 5) is 2.34. The van der Waals surface area contributed by atoms with E-state index in [1.807, 2.05) is 0 Å². The molecule has 3 nitrogen and oxygen atoms in total. The summed E-state index contributed by atoms with van der Waals surface area (Å²) in [6, 6.07) is 8.66. The molecular formula is C14H22N2O. The lowest BCUT2D eigenvalue weighted by molar-refractivity contribution is 0.212. The zero-order chi connectivity index (χ0) is 12.5. The third-order valence-electron chi connectivity index (χ3n) is 3.45. The van der Waals surface area contributed by atoms with Crippen molar-refractivity contribution in [1.29, 1.82) is 0 Å². The maximum Gasteiger partial charge on any atom is 0.0651 e. The van der Waals surface area contributed by atoms with Crippen molar-refractivity contribution < 1.29 is 5.11 Å². The average molecular weight is 234 g/mol. The number of aliphatic hydroxyl groups is 1. The van der Waals surface area contributed by atoms with Crippen LogP contribution in [0.4, 0.5) is 5.69 Å². The summed E-state index contributed by atoms with van der Waals surface area (Å²) in [5.41, 5.74) is 2.49. The normalized spacial score (nSPS) is 23.8. The van der Waals surface area contributed by atoms with E-state index in [-0.39, 0.29) is 18.2 Å². The highest BCUT2D eigenvalue weighted by molar-refractivity contribution is 5.52. The Kier molecular flexibility index (Phi) is 3.40. The van der Waals surface area contributed by atoms with E-state index in [9.17, 15) is 5.11 Å². The van der Waals surface area contributed by atoms with E-state index < -0.39 is 0 Å². The molecule has 1 fully saturated rings. The zero-order valence-corrected chi connectivity index (χ0v) is 10.9. The van der Waals surface area contributed by atoms with Crippen molar-refractivity contribution in [2.45, 2.75) is 32.4 Å². The number of rotatable bonds is 2. The minimum atomic E-state index is 0.0272. The van der Waals surface area contributed by atoms with Gasteiger partial charge in [-0.2, -0.15) is 0 Å². The van der Waals surface area contributed by atoms with Gasteiger partial charge in [-0.1, -0.05) is 12.1 Å². The molecule has 0 radical (unpaired) electrons. The van der Waals surface area contributed by atoms with Crippen LogP contribution in [0.2, 0.25) is 0 Å². The summed E-state index contributed by atoms with van der Waals surface area (Å²) in [5.74, 6) is 0. The largest absolute Gasteiger partial charge is 0.394 e. The number of hydrogen-bond acceptors (Lipinski definition) is 3. The molecule has 1 aliphatic heterocycles. The van der Waals surface area contributed by atoms with Gasteiger partial charge in [0.25, 0.3) is 0 Å². The van der Waals surface area contributed by atoms with Gasteiger partial charge in [-0.25, -0.2) is 0 Å². The molecule has 1 unspecified atom stereocenters. The van der Waals surface area contributed by atoms with Crippen LogP contribution < -0.4 is 10.2 Å². The SMILES string of the molecule is Cc1cccc(N2C(CO)CNCC2(C)C)c1. The first-order valence-corrected chi connectivity index (χ1v) is 6.22. The summed E-state index contributed by atoms with van der Waals surface area (Å²) >= 11 is 0. The molecule has 0 amide bonds. The van der Waals surface area contributed by atoms with Gasteiger partial charge in [0.05, 0.1) is 12.6 Å². The van der Waals surface area contributed by atoms with Crippen LogP contribution in [0.1, 0.15) is 19.4 Å². The van der Waals surface area contributed by atoms with E-state index in [0.717, 1.165) is 13.1 Å². The molecule has 2 N–H and O–H groups in total. The number of piperazine rings is 1. The number of aryl methyl sites for hydroxylation is 1. The van der Waals surface area contributed by atoms with E-state index in [0.29, 0.717) is 0 Å². The number of anilines is 1. The molecule has 3 heteroatoms. The molecule has 0 saturated carbocycles. The van der Waals surface area contributed by atoms with Gasteiger partial charge in [0, 0.05) is 24.3 Å². The Hall–Kier alpha value is -1.06. The highest BCUT2D eigenvalue weighted by Crippen LogP contribution is 2.29. The second-order valence-corrected chi connectivity index (χ2v) is 5.49. The zero-order valence-electron chi connectivity index (χ0n) is 10.9. The van der Waals surface area contributed by atoms with E-state index in [2.05, 4.69) is 55.3 Å². The molecule has 94 valence electrons. The van der Waals surface area contributed by atoms with Gasteiger partial charge in [0.15, 0.2) is 0 Å². The standard InChI is InChI=1S/C14H22N2O/c1-11-5-4-6-12(7-11)16-13(9-17)8-15-10-14(16,2)3/h4-7,13,15,17H,8-10H2,1-3H3. The van der Waals surface area contributed by atoms with Crippen LogP contribution >= 0.6 is 0 Å². The predicted octanol–water partition coefficient (Wildman–Crippen LogP) is 1.54. The first-order valence-electron chi connectivity index (χ1n) is 6.22. The minimum Gasteiger partial charge on any atom is -0.394 e. The Morgan fingerprint density at radius 2 is 2.24 bits per heavy atom. The lowest BCUT2D eigenvalue weighted by Crippen LogP contribution is -2.64. The molecule has 1 aromatic carbocycles. The fourth-order valence-electron chi connectivity index (χ4n) is 2.70. The lowest BCUT2D eigenvalue weighted by atomic mass is 9.95. The van der Waals surface area contributed by atoms with Gasteiger partial charge in [0.1, 0.15) is 0 Å². The van der Waals surface area contributed by atoms with Crippen LogP contribution in [-0.2, 0) is 0 Å². The molecule has 1 heterocycles. The molecule has 0 aliphatic carbocycles. The van der Waals surface area contributed by atoms with Crippen LogP contribution in [-0.4, -0.2) is 36.4 Å². The van der Waals surface area contributed by atoms with Crippen molar-refractivity contribution in [1.82, 2.24) is 5.32 Å². The molecule has 0 bridgehead atoms. The number of nitrogens with one attached hydrogen (secondary N) is 1. The molecule has 1 aromatic rings. The van der Waals surface area contributed by atoms with Crippen molar-refractivity contribution in [3.05, 3.63) is 29.8 Å². The maximum atomic E-state index is 9.54. The van der Waals surface area contributed by atoms with Crippen molar-refractivity contribution in [3.8, 4) is 0 Å². The fourth-order valence-corrected chi connectivity index (χ4v) is 2.70. The number of nitrogens with zero attached hydrogens (tertiary/aromatic N) is 1. The van der Waals surface area contributed by atoms with Crippen LogP contribution in [0.25, 0.3) is 0 Å². The topological polar surface area (TPSA) is 35.5 Å². The van der Waals surface area contributed by atoms with E-state index in [1.54, 1.807) is 0 Å². The van der Waals surface area contributed by atoms with Gasteiger partial charge in [-0.15, -0.1) is 0 Å². The number of benzene rings is 1. The molecule has 1 aliphatic rings. The lowest BCUT2D eigenvalue weighted by Gasteiger charge is -2.49. The Morgan fingerprint density at radius 1 is 1.47 bits per heavy atom. The highest BCUT2D eigenvalue weighted by Gasteiger charge is 2.35. The molecule has 1 atom stereocenters. The number of aliphatic hydroxyl groups excluding tert-OH is 1. The Labute approximate surface area is 103 Å². The summed E-state index contributed by atoms with van der Waals surface area (Å²) in [6.07, 6.45) is 0. The van der Waals surface area contributed by atoms with Gasteiger partial charge in [-0.05, 0) is 38.5 Å². The quantitative estimate of drug-likeness (QED) is 0.815. The predicted molar refractivity (Wildman–Crippen MR) is 71.5 cm³/mol. The summed E-state index contributed by atoms with van der Waals surface area (Å²) in [6.45, 7) is 8.50. The summed E-state index contributed by atoms with van der Waals surface area (Å²) in [7, 11) is 0. The second-order valence-electron chi connectivity index (χ2n) is 5.49. The van der Waals surface area contributed by atoms with Crippen LogP contribution in [0, 0.1) is 6.92 Å². The smallest absolute Gasteiger partial charge is 0.0651 e. The van der Waals surface area contributed by atoms with E-state index in [4.69, 9.17) is 0 Å². The van der Waals surface area contributed by atoms with E-state index in [1.165, 1.54) is 11.3 Å². The first-order chi connectivity index (χ1) is 8.04. The van der Waals surface area contributed by atoms with Crippen molar-refractivity contribution >= 4 is 5.69 Å². The van der Waals surface area contributed by atoms with Crippen LogP contribution in [0.3, 0.4) is 0 Å². The molecule has 2 rings (SSSR count). The Bertz CT molecular complexity index is 390. The summed E-state index contributed by atoms with van der Waals surface area (Å²) < 4.78 is 0. The van der Waals surface area contributed by atoms with E-state index >= 15 is 0 Å². The molecule has 0 spiro atoms. The Morgan fingerprint density at radius 3 is 2.88 bits per heavy atom. The third-order valence-corrected chi connectivity index (χ3v) is 3.45. The minimum absolute atomic E-state index is 0.0272. The monoisotopic (exact) mass is 234 g/mol.